The normalized spacial score (nSPS) is 11.0. The molecule has 0 saturated carbocycles. The molecule has 0 bridgehead atoms. The number of rotatable bonds is 7. The van der Waals surface area contributed by atoms with Crippen molar-refractivity contribution in [2.45, 2.75) is 13.5 Å². The van der Waals surface area contributed by atoms with Crippen molar-refractivity contribution in [1.29, 1.82) is 0 Å². The number of benzene rings is 2. The third-order valence-electron chi connectivity index (χ3n) is 4.40. The van der Waals surface area contributed by atoms with Crippen LogP contribution in [0.1, 0.15) is 11.3 Å². The second-order valence-corrected chi connectivity index (χ2v) is 7.09. The molecule has 0 fully saturated rings. The molecular weight excluding hydrogens is 397 g/mol. The van der Waals surface area contributed by atoms with Gasteiger partial charge in [-0.1, -0.05) is 16.8 Å². The Morgan fingerprint density at radius 3 is 2.69 bits per heavy atom. The molecule has 3 rings (SSSR count). The van der Waals surface area contributed by atoms with Crippen LogP contribution in [0.4, 0.5) is 10.1 Å². The summed E-state index contributed by atoms with van der Waals surface area (Å²) < 4.78 is 23.8. The van der Waals surface area contributed by atoms with Gasteiger partial charge in [-0.05, 0) is 56.4 Å². The maximum atomic E-state index is 13.1. The second-order valence-electron chi connectivity index (χ2n) is 6.66. The Kier molecular flexibility index (Phi) is 6.51. The number of nitrogens with zero attached hydrogens (tertiary/aromatic N) is 2. The fourth-order valence-electron chi connectivity index (χ4n) is 2.91. The first-order valence-corrected chi connectivity index (χ1v) is 9.28. The van der Waals surface area contributed by atoms with E-state index in [0.717, 1.165) is 11.1 Å². The van der Waals surface area contributed by atoms with Crippen molar-refractivity contribution in [1.82, 2.24) is 10.1 Å². The van der Waals surface area contributed by atoms with Gasteiger partial charge in [0, 0.05) is 22.7 Å². The van der Waals surface area contributed by atoms with Crippen LogP contribution < -0.4 is 10.1 Å². The summed E-state index contributed by atoms with van der Waals surface area (Å²) in [5, 5.41) is 7.41. The van der Waals surface area contributed by atoms with Crippen molar-refractivity contribution in [2.75, 3.05) is 26.0 Å². The number of hydrogen-bond donors (Lipinski definition) is 1. The molecule has 0 aliphatic heterocycles. The van der Waals surface area contributed by atoms with E-state index in [1.807, 2.05) is 11.8 Å². The molecule has 0 radical (unpaired) electrons. The summed E-state index contributed by atoms with van der Waals surface area (Å²) in [4.78, 5) is 14.2. The van der Waals surface area contributed by atoms with Gasteiger partial charge in [0.25, 0.3) is 0 Å². The second kappa shape index (κ2) is 9.07. The van der Waals surface area contributed by atoms with Crippen molar-refractivity contribution >= 4 is 23.2 Å². The zero-order valence-corrected chi connectivity index (χ0v) is 17.1. The van der Waals surface area contributed by atoms with E-state index in [4.69, 9.17) is 20.9 Å². The van der Waals surface area contributed by atoms with Gasteiger partial charge in [-0.25, -0.2) is 4.39 Å². The lowest BCUT2D eigenvalue weighted by molar-refractivity contribution is -0.117. The zero-order valence-electron chi connectivity index (χ0n) is 16.3. The number of halogens is 2. The molecule has 3 aromatic rings. The van der Waals surface area contributed by atoms with E-state index in [0.29, 0.717) is 34.5 Å². The molecule has 0 atom stereocenters. The van der Waals surface area contributed by atoms with Crippen LogP contribution in [0.3, 0.4) is 0 Å². The fourth-order valence-corrected chi connectivity index (χ4v) is 3.08. The third kappa shape index (κ3) is 5.13. The number of aromatic nitrogens is 1. The van der Waals surface area contributed by atoms with E-state index in [1.54, 1.807) is 37.4 Å². The smallest absolute Gasteiger partial charge is 0.238 e. The Bertz CT molecular complexity index is 1000. The van der Waals surface area contributed by atoms with E-state index < -0.39 is 0 Å². The lowest BCUT2D eigenvalue weighted by Gasteiger charge is -2.16. The molecule has 1 amide bonds. The summed E-state index contributed by atoms with van der Waals surface area (Å²) in [5.74, 6) is 0.587. The number of hydrogen-bond acceptors (Lipinski definition) is 5. The molecular formula is C21H21ClFN3O3. The van der Waals surface area contributed by atoms with Crippen LogP contribution >= 0.6 is 11.6 Å². The number of nitrogens with one attached hydrogen (secondary N) is 1. The number of carbonyl (C=O) groups is 1. The highest BCUT2D eigenvalue weighted by atomic mass is 35.5. The standard InChI is InChI=1S/C21H21ClFN3O3/c1-13-18(25-29-21(13)14-4-7-16(23)8-5-14)11-26(2)12-20(27)24-17-10-15(22)6-9-19(17)28-3/h4-10H,11-12H2,1-3H3,(H,24,27). The lowest BCUT2D eigenvalue weighted by atomic mass is 10.1. The number of likely N-dealkylation sites (N-methyl/N-ethyl adjacent to an activating group) is 1. The van der Waals surface area contributed by atoms with Crippen molar-refractivity contribution in [3.63, 3.8) is 0 Å². The van der Waals surface area contributed by atoms with Crippen LogP contribution in [-0.4, -0.2) is 36.7 Å². The summed E-state index contributed by atoms with van der Waals surface area (Å²) in [5.41, 5.74) is 2.81. The van der Waals surface area contributed by atoms with Crippen LogP contribution in [-0.2, 0) is 11.3 Å². The number of ether oxygens (including phenoxy) is 1. The molecule has 1 aromatic heterocycles. The molecule has 0 spiro atoms. The SMILES string of the molecule is COc1ccc(Cl)cc1NC(=O)CN(C)Cc1noc(-c2ccc(F)cc2)c1C. The van der Waals surface area contributed by atoms with Crippen LogP contribution in [0.5, 0.6) is 5.75 Å². The van der Waals surface area contributed by atoms with E-state index in [-0.39, 0.29) is 18.3 Å². The van der Waals surface area contributed by atoms with Crippen molar-refractivity contribution in [3.8, 4) is 17.1 Å². The van der Waals surface area contributed by atoms with Crippen molar-refractivity contribution in [3.05, 3.63) is 64.6 Å². The van der Waals surface area contributed by atoms with E-state index in [9.17, 15) is 9.18 Å². The van der Waals surface area contributed by atoms with Gasteiger partial charge in [-0.2, -0.15) is 0 Å². The first kappa shape index (κ1) is 20.8. The topological polar surface area (TPSA) is 67.6 Å². The monoisotopic (exact) mass is 417 g/mol. The first-order chi connectivity index (χ1) is 13.9. The summed E-state index contributed by atoms with van der Waals surface area (Å²) in [6.45, 7) is 2.43. The summed E-state index contributed by atoms with van der Waals surface area (Å²) in [6, 6.07) is 11.0. The molecule has 152 valence electrons. The molecule has 1 heterocycles. The third-order valence-corrected chi connectivity index (χ3v) is 4.63. The van der Waals surface area contributed by atoms with Gasteiger partial charge < -0.3 is 14.6 Å². The highest BCUT2D eigenvalue weighted by Gasteiger charge is 2.17. The minimum Gasteiger partial charge on any atom is -0.495 e. The average molecular weight is 418 g/mol. The Labute approximate surface area is 173 Å². The number of carbonyl (C=O) groups excluding carboxylic acids is 1. The van der Waals surface area contributed by atoms with Gasteiger partial charge in [0.15, 0.2) is 5.76 Å². The van der Waals surface area contributed by atoms with Crippen molar-refractivity contribution in [2.24, 2.45) is 0 Å². The van der Waals surface area contributed by atoms with Gasteiger partial charge in [0.1, 0.15) is 17.3 Å². The molecule has 1 N–H and O–H groups in total. The lowest BCUT2D eigenvalue weighted by Crippen LogP contribution is -2.30. The van der Waals surface area contributed by atoms with Crippen LogP contribution in [0, 0.1) is 12.7 Å². The maximum Gasteiger partial charge on any atom is 0.238 e. The Balaban J connectivity index is 1.64. The molecule has 0 saturated heterocycles. The largest absolute Gasteiger partial charge is 0.495 e. The molecule has 29 heavy (non-hydrogen) atoms. The molecule has 0 aliphatic rings. The summed E-state index contributed by atoms with van der Waals surface area (Å²) in [7, 11) is 3.33. The van der Waals surface area contributed by atoms with Crippen LogP contribution in [0.15, 0.2) is 47.0 Å². The fraction of sp³-hybridized carbons (Fsp3) is 0.238. The highest BCUT2D eigenvalue weighted by molar-refractivity contribution is 6.31. The van der Waals surface area contributed by atoms with Gasteiger partial charge >= 0.3 is 0 Å². The van der Waals surface area contributed by atoms with Gasteiger partial charge in [-0.15, -0.1) is 0 Å². The van der Waals surface area contributed by atoms with E-state index >= 15 is 0 Å². The van der Waals surface area contributed by atoms with Crippen molar-refractivity contribution < 1.29 is 18.4 Å². The molecule has 0 unspecified atom stereocenters. The highest BCUT2D eigenvalue weighted by Crippen LogP contribution is 2.28. The minimum atomic E-state index is -0.312. The molecule has 8 heteroatoms. The zero-order chi connectivity index (χ0) is 21.0. The van der Waals surface area contributed by atoms with E-state index in [2.05, 4.69) is 10.5 Å². The van der Waals surface area contributed by atoms with E-state index in [1.165, 1.54) is 19.2 Å². The number of amides is 1. The maximum absolute atomic E-state index is 13.1. The predicted molar refractivity (Wildman–Crippen MR) is 110 cm³/mol. The quantitative estimate of drug-likeness (QED) is 0.612. The Morgan fingerprint density at radius 2 is 2.00 bits per heavy atom. The number of anilines is 1. The number of methoxy groups -OCH3 is 1. The first-order valence-electron chi connectivity index (χ1n) is 8.90. The van der Waals surface area contributed by atoms with Gasteiger partial charge in [0.05, 0.1) is 19.3 Å². The summed E-state index contributed by atoms with van der Waals surface area (Å²) in [6.07, 6.45) is 0. The molecule has 0 aliphatic carbocycles. The Morgan fingerprint density at radius 1 is 1.28 bits per heavy atom. The van der Waals surface area contributed by atoms with Gasteiger partial charge in [-0.3, -0.25) is 9.69 Å². The summed E-state index contributed by atoms with van der Waals surface area (Å²) >= 11 is 5.99. The molecule has 6 nitrogen and oxygen atoms in total. The molecule has 2 aromatic carbocycles. The average Bonchev–Trinajstić information content (AvgIpc) is 3.03. The minimum absolute atomic E-state index is 0.133. The van der Waals surface area contributed by atoms with Crippen LogP contribution in [0.25, 0.3) is 11.3 Å². The van der Waals surface area contributed by atoms with Gasteiger partial charge in [0.2, 0.25) is 5.91 Å². The Hall–Kier alpha value is -2.90. The predicted octanol–water partition coefficient (Wildman–Crippen LogP) is 4.52. The van der Waals surface area contributed by atoms with Crippen LogP contribution in [0.2, 0.25) is 5.02 Å².